The van der Waals surface area contributed by atoms with Gasteiger partial charge in [-0.3, -0.25) is 0 Å². The minimum absolute atomic E-state index is 0.167. The first-order chi connectivity index (χ1) is 10.1. The fourth-order valence-corrected chi connectivity index (χ4v) is 1.85. The van der Waals surface area contributed by atoms with Gasteiger partial charge in [-0.25, -0.2) is 4.79 Å². The van der Waals surface area contributed by atoms with Crippen LogP contribution in [-0.2, 0) is 11.3 Å². The van der Waals surface area contributed by atoms with Crippen molar-refractivity contribution in [2.24, 2.45) is 0 Å². The van der Waals surface area contributed by atoms with E-state index in [4.69, 9.17) is 14.7 Å². The molecule has 0 aliphatic carbocycles. The summed E-state index contributed by atoms with van der Waals surface area (Å²) in [5.41, 5.74) is 2.82. The van der Waals surface area contributed by atoms with Gasteiger partial charge in [0.1, 0.15) is 12.4 Å². The third-order valence-electron chi connectivity index (χ3n) is 3.10. The number of rotatable bonds is 4. The van der Waals surface area contributed by atoms with Crippen molar-refractivity contribution in [1.82, 2.24) is 0 Å². The number of ether oxygens (including phenoxy) is 2. The van der Waals surface area contributed by atoms with Crippen molar-refractivity contribution in [3.63, 3.8) is 0 Å². The number of carbonyl (C=O) groups excluding carboxylic acids is 1. The number of esters is 1. The first-order valence-electron chi connectivity index (χ1n) is 6.45. The van der Waals surface area contributed by atoms with Crippen molar-refractivity contribution in [1.29, 1.82) is 5.26 Å². The lowest BCUT2D eigenvalue weighted by Gasteiger charge is -2.08. The fourth-order valence-electron chi connectivity index (χ4n) is 1.85. The molecule has 4 nitrogen and oxygen atoms in total. The Hall–Kier alpha value is -2.80. The molecule has 21 heavy (non-hydrogen) atoms. The molecule has 0 radical (unpaired) electrons. The SMILES string of the molecule is COc1cc(C(=O)OCc2ccc(C#N)cc2)ccc1C. The zero-order valence-electron chi connectivity index (χ0n) is 11.9. The number of hydrogen-bond acceptors (Lipinski definition) is 4. The van der Waals surface area contributed by atoms with Gasteiger partial charge in [0, 0.05) is 0 Å². The van der Waals surface area contributed by atoms with Gasteiger partial charge in [-0.15, -0.1) is 0 Å². The second-order valence-corrected chi connectivity index (χ2v) is 4.57. The van der Waals surface area contributed by atoms with Gasteiger partial charge in [-0.2, -0.15) is 5.26 Å². The second kappa shape index (κ2) is 6.58. The third-order valence-corrected chi connectivity index (χ3v) is 3.10. The molecule has 0 aliphatic rings. The number of aryl methyl sites for hydroxylation is 1. The monoisotopic (exact) mass is 281 g/mol. The van der Waals surface area contributed by atoms with E-state index in [1.54, 1.807) is 43.5 Å². The maximum atomic E-state index is 12.0. The maximum absolute atomic E-state index is 12.0. The first-order valence-corrected chi connectivity index (χ1v) is 6.45. The summed E-state index contributed by atoms with van der Waals surface area (Å²) in [6.07, 6.45) is 0. The number of carbonyl (C=O) groups is 1. The van der Waals surface area contributed by atoms with Gasteiger partial charge in [0.05, 0.1) is 24.3 Å². The smallest absolute Gasteiger partial charge is 0.338 e. The Balaban J connectivity index is 2.02. The lowest BCUT2D eigenvalue weighted by Crippen LogP contribution is -2.06. The van der Waals surface area contributed by atoms with E-state index in [0.29, 0.717) is 16.9 Å². The third kappa shape index (κ3) is 3.61. The average molecular weight is 281 g/mol. The summed E-state index contributed by atoms with van der Waals surface area (Å²) in [7, 11) is 1.56. The van der Waals surface area contributed by atoms with Crippen LogP contribution in [0.5, 0.6) is 5.75 Å². The van der Waals surface area contributed by atoms with E-state index in [2.05, 4.69) is 0 Å². The predicted octanol–water partition coefficient (Wildman–Crippen LogP) is 3.23. The van der Waals surface area contributed by atoms with Crippen LogP contribution < -0.4 is 4.74 Å². The van der Waals surface area contributed by atoms with Crippen molar-refractivity contribution in [2.75, 3.05) is 7.11 Å². The van der Waals surface area contributed by atoms with Crippen LogP contribution in [0.4, 0.5) is 0 Å². The molecule has 0 fully saturated rings. The van der Waals surface area contributed by atoms with Crippen LogP contribution >= 0.6 is 0 Å². The molecule has 0 aliphatic heterocycles. The van der Waals surface area contributed by atoms with E-state index in [9.17, 15) is 4.79 Å². The Morgan fingerprint density at radius 2 is 1.90 bits per heavy atom. The Labute approximate surface area is 123 Å². The highest BCUT2D eigenvalue weighted by molar-refractivity contribution is 5.90. The van der Waals surface area contributed by atoms with Gasteiger partial charge in [0.15, 0.2) is 0 Å². The first kappa shape index (κ1) is 14.6. The number of nitriles is 1. The molecule has 0 bridgehead atoms. The molecule has 106 valence electrons. The molecule has 0 spiro atoms. The minimum atomic E-state index is -0.405. The quantitative estimate of drug-likeness (QED) is 0.807. The van der Waals surface area contributed by atoms with Crippen LogP contribution in [0.3, 0.4) is 0 Å². The van der Waals surface area contributed by atoms with Crippen LogP contribution in [0.25, 0.3) is 0 Å². The zero-order chi connectivity index (χ0) is 15.2. The Morgan fingerprint density at radius 3 is 2.52 bits per heavy atom. The molecule has 0 N–H and O–H groups in total. The summed E-state index contributed by atoms with van der Waals surface area (Å²) in [4.78, 5) is 12.0. The lowest BCUT2D eigenvalue weighted by molar-refractivity contribution is 0.0472. The van der Waals surface area contributed by atoms with Crippen LogP contribution in [0.1, 0.15) is 27.0 Å². The summed E-state index contributed by atoms with van der Waals surface area (Å²) in [6.45, 7) is 2.07. The van der Waals surface area contributed by atoms with Crippen LogP contribution in [0.2, 0.25) is 0 Å². The van der Waals surface area contributed by atoms with Crippen molar-refractivity contribution in [2.45, 2.75) is 13.5 Å². The van der Waals surface area contributed by atoms with E-state index in [-0.39, 0.29) is 6.61 Å². The molecule has 0 unspecified atom stereocenters. The molecule has 2 rings (SSSR count). The highest BCUT2D eigenvalue weighted by Gasteiger charge is 2.10. The molecule has 0 saturated heterocycles. The van der Waals surface area contributed by atoms with Gasteiger partial charge in [-0.1, -0.05) is 18.2 Å². The van der Waals surface area contributed by atoms with Crippen molar-refractivity contribution in [3.05, 3.63) is 64.7 Å². The topological polar surface area (TPSA) is 59.3 Å². The summed E-state index contributed by atoms with van der Waals surface area (Å²) >= 11 is 0. The van der Waals surface area contributed by atoms with Crippen molar-refractivity contribution in [3.8, 4) is 11.8 Å². The lowest BCUT2D eigenvalue weighted by atomic mass is 10.1. The highest BCUT2D eigenvalue weighted by Crippen LogP contribution is 2.19. The second-order valence-electron chi connectivity index (χ2n) is 4.57. The number of methoxy groups -OCH3 is 1. The summed E-state index contributed by atoms with van der Waals surface area (Å²) < 4.78 is 10.4. The van der Waals surface area contributed by atoms with Crippen LogP contribution in [0, 0.1) is 18.3 Å². The van der Waals surface area contributed by atoms with E-state index < -0.39 is 5.97 Å². The van der Waals surface area contributed by atoms with Crippen molar-refractivity contribution >= 4 is 5.97 Å². The molecule has 0 amide bonds. The van der Waals surface area contributed by atoms with Gasteiger partial charge in [-0.05, 0) is 42.3 Å². The average Bonchev–Trinajstić information content (AvgIpc) is 2.53. The largest absolute Gasteiger partial charge is 0.496 e. The molecule has 0 atom stereocenters. The van der Waals surface area contributed by atoms with Gasteiger partial charge in [0.2, 0.25) is 0 Å². The maximum Gasteiger partial charge on any atom is 0.338 e. The summed E-state index contributed by atoms with van der Waals surface area (Å²) in [5.74, 6) is 0.250. The summed E-state index contributed by atoms with van der Waals surface area (Å²) in [6, 6.07) is 14.1. The highest BCUT2D eigenvalue weighted by atomic mass is 16.5. The molecular weight excluding hydrogens is 266 g/mol. The number of benzene rings is 2. The molecule has 0 saturated carbocycles. The normalized spacial score (nSPS) is 9.76. The van der Waals surface area contributed by atoms with E-state index >= 15 is 0 Å². The Kier molecular flexibility index (Phi) is 4.57. The molecule has 4 heteroatoms. The molecular formula is C17H15NO3. The van der Waals surface area contributed by atoms with E-state index in [1.165, 1.54) is 0 Å². The van der Waals surface area contributed by atoms with E-state index in [1.807, 2.05) is 19.1 Å². The van der Waals surface area contributed by atoms with Gasteiger partial charge < -0.3 is 9.47 Å². The Morgan fingerprint density at radius 1 is 1.19 bits per heavy atom. The Bertz CT molecular complexity index is 684. The van der Waals surface area contributed by atoms with Gasteiger partial charge >= 0.3 is 5.97 Å². The zero-order valence-corrected chi connectivity index (χ0v) is 11.9. The van der Waals surface area contributed by atoms with E-state index in [0.717, 1.165) is 11.1 Å². The van der Waals surface area contributed by atoms with Gasteiger partial charge in [0.25, 0.3) is 0 Å². The van der Waals surface area contributed by atoms with Crippen LogP contribution in [0.15, 0.2) is 42.5 Å². The fraction of sp³-hybridized carbons (Fsp3) is 0.176. The minimum Gasteiger partial charge on any atom is -0.496 e. The number of hydrogen-bond donors (Lipinski definition) is 0. The molecule has 0 heterocycles. The summed E-state index contributed by atoms with van der Waals surface area (Å²) in [5, 5.41) is 8.72. The van der Waals surface area contributed by atoms with Crippen molar-refractivity contribution < 1.29 is 14.3 Å². The predicted molar refractivity (Wildman–Crippen MR) is 78.0 cm³/mol. The number of nitrogens with zero attached hydrogens (tertiary/aromatic N) is 1. The standard InChI is InChI=1S/C17H15NO3/c1-12-3-8-15(9-16(12)20-2)17(19)21-11-14-6-4-13(10-18)5-7-14/h3-9H,11H2,1-2H3. The molecule has 2 aromatic rings. The van der Waals surface area contributed by atoms with Crippen LogP contribution in [-0.4, -0.2) is 13.1 Å². The molecule has 0 aromatic heterocycles. The molecule has 2 aromatic carbocycles.